The second-order valence-electron chi connectivity index (χ2n) is 13.0. The van der Waals surface area contributed by atoms with Gasteiger partial charge in [0.2, 0.25) is 18.4 Å². The van der Waals surface area contributed by atoms with Gasteiger partial charge in [-0.25, -0.2) is 0 Å². The molecule has 1 N–H and O–H groups in total. The quantitative estimate of drug-likeness (QED) is 0.210. The van der Waals surface area contributed by atoms with Gasteiger partial charge in [0.15, 0.2) is 11.5 Å². The summed E-state index contributed by atoms with van der Waals surface area (Å²) in [5.74, 6) is 0.386. The van der Waals surface area contributed by atoms with Crippen LogP contribution >= 0.6 is 0 Å². The van der Waals surface area contributed by atoms with Gasteiger partial charge in [-0.15, -0.1) is 0 Å². The Morgan fingerprint density at radius 2 is 1.85 bits per heavy atom. The molecule has 9 nitrogen and oxygen atoms in total. The minimum atomic E-state index is -0.821. The first-order valence-corrected chi connectivity index (χ1v) is 15.5. The predicted octanol–water partition coefficient (Wildman–Crippen LogP) is 4.83. The van der Waals surface area contributed by atoms with E-state index in [0.717, 1.165) is 74.6 Å². The average Bonchev–Trinajstić information content (AvgIpc) is 3.52. The zero-order valence-electron chi connectivity index (χ0n) is 26.5. The molecule has 0 aliphatic carbocycles. The van der Waals surface area contributed by atoms with E-state index in [1.54, 1.807) is 7.11 Å². The van der Waals surface area contributed by atoms with Crippen molar-refractivity contribution in [2.45, 2.75) is 77.7 Å². The van der Waals surface area contributed by atoms with Crippen molar-refractivity contribution in [2.75, 3.05) is 67.8 Å². The standard InChI is InChI=1S/C32H53N3O6/c1-8-10-14-33(15-11-12-16-35(4,5)6)29(36)21-34-20-25(30(32(37)38)26(34)17-23(3)13-9-2)24-18-27(39-7)31-28(19-24)40-22-41-31/h18-19,23,25-26,30H,8-17,20-22H2,1-7H3/p+1/t23?,25-,26+,30-/m1/s1. The van der Waals surface area contributed by atoms with Crippen molar-refractivity contribution >= 4 is 11.9 Å². The largest absolute Gasteiger partial charge is 0.493 e. The van der Waals surface area contributed by atoms with E-state index in [1.807, 2.05) is 17.0 Å². The minimum absolute atomic E-state index is 0.102. The number of amides is 1. The van der Waals surface area contributed by atoms with E-state index in [2.05, 4.69) is 46.8 Å². The van der Waals surface area contributed by atoms with Crippen molar-refractivity contribution in [1.82, 2.24) is 9.80 Å². The van der Waals surface area contributed by atoms with Crippen LogP contribution in [0, 0.1) is 11.8 Å². The normalized spacial score (nSPS) is 21.2. The highest BCUT2D eigenvalue weighted by Gasteiger charge is 2.48. The van der Waals surface area contributed by atoms with Crippen LogP contribution < -0.4 is 14.2 Å². The van der Waals surface area contributed by atoms with Gasteiger partial charge in [0, 0.05) is 31.6 Å². The third-order valence-corrected chi connectivity index (χ3v) is 8.55. The van der Waals surface area contributed by atoms with Gasteiger partial charge >= 0.3 is 5.97 Å². The van der Waals surface area contributed by atoms with Crippen LogP contribution in [-0.2, 0) is 9.59 Å². The van der Waals surface area contributed by atoms with Gasteiger partial charge in [0.05, 0.1) is 47.3 Å². The van der Waals surface area contributed by atoms with E-state index >= 15 is 0 Å². The summed E-state index contributed by atoms with van der Waals surface area (Å²) < 4.78 is 17.7. The molecule has 2 aliphatic heterocycles. The average molecular weight is 577 g/mol. The molecule has 0 radical (unpaired) electrons. The van der Waals surface area contributed by atoms with Crippen LogP contribution in [0.25, 0.3) is 0 Å². The summed E-state index contributed by atoms with van der Waals surface area (Å²) >= 11 is 0. The number of likely N-dealkylation sites (tertiary alicyclic amines) is 1. The van der Waals surface area contributed by atoms with Crippen molar-refractivity contribution in [1.29, 1.82) is 0 Å². The van der Waals surface area contributed by atoms with Crippen molar-refractivity contribution < 1.29 is 33.4 Å². The lowest BCUT2D eigenvalue weighted by atomic mass is 9.81. The van der Waals surface area contributed by atoms with Crippen LogP contribution in [0.1, 0.15) is 77.2 Å². The van der Waals surface area contributed by atoms with E-state index < -0.39 is 11.9 Å². The number of carbonyl (C=O) groups is 2. The predicted molar refractivity (Wildman–Crippen MR) is 161 cm³/mol. The number of ether oxygens (including phenoxy) is 3. The van der Waals surface area contributed by atoms with E-state index in [0.29, 0.717) is 29.7 Å². The molecule has 2 aliphatic rings. The Hall–Kier alpha value is -2.52. The number of rotatable bonds is 17. The monoisotopic (exact) mass is 576 g/mol. The fraction of sp³-hybridized carbons (Fsp3) is 0.750. The molecular weight excluding hydrogens is 522 g/mol. The first-order chi connectivity index (χ1) is 19.5. The summed E-state index contributed by atoms with van der Waals surface area (Å²) in [5, 5.41) is 10.6. The lowest BCUT2D eigenvalue weighted by molar-refractivity contribution is -0.870. The van der Waals surface area contributed by atoms with Gasteiger partial charge < -0.3 is 28.7 Å². The summed E-state index contributed by atoms with van der Waals surface area (Å²) in [4.78, 5) is 30.8. The lowest BCUT2D eigenvalue weighted by Gasteiger charge is -2.31. The molecule has 9 heteroatoms. The molecule has 4 atom stereocenters. The number of nitrogens with zero attached hydrogens (tertiary/aromatic N) is 3. The van der Waals surface area contributed by atoms with Gasteiger partial charge in [0.1, 0.15) is 0 Å². The second-order valence-corrected chi connectivity index (χ2v) is 13.0. The SMILES string of the molecule is CCCCN(CCCC[N+](C)(C)C)C(=O)CN1C[C@H](c2cc(OC)c3c(c2)OCO3)[C@@H](C(=O)O)[C@@H]1CC(C)CCC. The first kappa shape index (κ1) is 33.0. The third kappa shape index (κ3) is 8.98. The summed E-state index contributed by atoms with van der Waals surface area (Å²) in [6, 6.07) is 3.54. The maximum absolute atomic E-state index is 13.8. The summed E-state index contributed by atoms with van der Waals surface area (Å²) in [6.45, 7) is 9.91. The smallest absolute Gasteiger partial charge is 0.308 e. The number of benzene rings is 1. The van der Waals surface area contributed by atoms with Gasteiger partial charge in [-0.05, 0) is 49.3 Å². The maximum Gasteiger partial charge on any atom is 0.308 e. The Morgan fingerprint density at radius 1 is 1.12 bits per heavy atom. The number of quaternary nitrogens is 1. The van der Waals surface area contributed by atoms with Crippen molar-refractivity contribution in [3.8, 4) is 17.2 Å². The molecule has 232 valence electrons. The van der Waals surface area contributed by atoms with Crippen LogP contribution in [0.3, 0.4) is 0 Å². The summed E-state index contributed by atoms with van der Waals surface area (Å²) in [5.41, 5.74) is 0.852. The maximum atomic E-state index is 13.8. The molecular formula is C32H54N3O6+. The number of hydrogen-bond acceptors (Lipinski definition) is 6. The molecule has 1 aromatic carbocycles. The summed E-state index contributed by atoms with van der Waals surface area (Å²) in [6.07, 6.45) is 6.85. The number of fused-ring (bicyclic) bond motifs is 1. The van der Waals surface area contributed by atoms with Crippen molar-refractivity contribution in [3.05, 3.63) is 17.7 Å². The van der Waals surface area contributed by atoms with Gasteiger partial charge in [-0.2, -0.15) is 0 Å². The molecule has 0 saturated carbocycles. The van der Waals surface area contributed by atoms with Crippen LogP contribution in [0.4, 0.5) is 0 Å². The van der Waals surface area contributed by atoms with Crippen molar-refractivity contribution in [3.63, 3.8) is 0 Å². The molecule has 1 fully saturated rings. The number of methoxy groups -OCH3 is 1. The van der Waals surface area contributed by atoms with E-state index in [4.69, 9.17) is 14.2 Å². The zero-order valence-corrected chi connectivity index (χ0v) is 26.5. The molecule has 1 aromatic rings. The zero-order chi connectivity index (χ0) is 30.2. The first-order valence-electron chi connectivity index (χ1n) is 15.5. The van der Waals surface area contributed by atoms with Crippen LogP contribution in [0.5, 0.6) is 17.2 Å². The highest BCUT2D eigenvalue weighted by atomic mass is 16.7. The Bertz CT molecular complexity index is 1010. The van der Waals surface area contributed by atoms with E-state index in [-0.39, 0.29) is 31.2 Å². The number of unbranched alkanes of at least 4 members (excludes halogenated alkanes) is 2. The molecule has 0 aromatic heterocycles. The topological polar surface area (TPSA) is 88.5 Å². The van der Waals surface area contributed by atoms with Gasteiger partial charge in [-0.3, -0.25) is 14.5 Å². The van der Waals surface area contributed by atoms with Crippen LogP contribution in [0.15, 0.2) is 12.1 Å². The van der Waals surface area contributed by atoms with Gasteiger partial charge in [0.25, 0.3) is 0 Å². The molecule has 3 rings (SSSR count). The fourth-order valence-electron chi connectivity index (χ4n) is 6.38. The minimum Gasteiger partial charge on any atom is -0.493 e. The van der Waals surface area contributed by atoms with E-state index in [1.165, 1.54) is 0 Å². The second kappa shape index (κ2) is 15.1. The Kier molecular flexibility index (Phi) is 12.1. The Morgan fingerprint density at radius 3 is 2.49 bits per heavy atom. The van der Waals surface area contributed by atoms with Gasteiger partial charge in [-0.1, -0.05) is 40.0 Å². The molecule has 41 heavy (non-hydrogen) atoms. The number of carbonyl (C=O) groups excluding carboxylic acids is 1. The molecule has 0 spiro atoms. The van der Waals surface area contributed by atoms with Crippen molar-refractivity contribution in [2.24, 2.45) is 11.8 Å². The van der Waals surface area contributed by atoms with Crippen LogP contribution in [0.2, 0.25) is 0 Å². The molecule has 1 saturated heterocycles. The Labute approximate surface area is 247 Å². The third-order valence-electron chi connectivity index (χ3n) is 8.55. The number of aliphatic carboxylic acids is 1. The fourth-order valence-corrected chi connectivity index (χ4v) is 6.38. The molecule has 1 amide bonds. The highest BCUT2D eigenvalue weighted by Crippen LogP contribution is 2.47. The lowest BCUT2D eigenvalue weighted by Crippen LogP contribution is -2.45. The Balaban J connectivity index is 1.86. The highest BCUT2D eigenvalue weighted by molar-refractivity contribution is 5.79. The summed E-state index contributed by atoms with van der Waals surface area (Å²) in [7, 11) is 8.16. The molecule has 0 bridgehead atoms. The van der Waals surface area contributed by atoms with E-state index in [9.17, 15) is 14.7 Å². The number of hydrogen-bond donors (Lipinski definition) is 1. The molecule has 2 heterocycles. The number of carboxylic acids is 1. The number of carboxylic acid groups (broad SMARTS) is 1. The molecule has 1 unspecified atom stereocenters. The van der Waals surface area contributed by atoms with Crippen LogP contribution in [-0.4, -0.2) is 105 Å².